The van der Waals surface area contributed by atoms with Gasteiger partial charge in [-0.25, -0.2) is 8.78 Å². The van der Waals surface area contributed by atoms with E-state index in [0.29, 0.717) is 22.8 Å². The van der Waals surface area contributed by atoms with E-state index in [9.17, 15) is 18.7 Å². The van der Waals surface area contributed by atoms with Crippen LogP contribution in [-0.2, 0) is 24.9 Å². The number of ketones is 1. The number of fused-ring (bicyclic) bond motifs is 1. The zero-order valence-corrected chi connectivity index (χ0v) is 37.9. The fraction of sp³-hybridized carbons (Fsp3) is 0.520. The molecule has 1 radical (unpaired) electrons. The summed E-state index contributed by atoms with van der Waals surface area (Å²) in [7, 11) is -1.62. The van der Waals surface area contributed by atoms with Crippen molar-refractivity contribution in [3.8, 4) is 22.4 Å². The third-order valence-electron chi connectivity index (χ3n) is 15.1. The predicted molar refractivity (Wildman–Crippen MR) is 225 cm³/mol. The molecule has 57 heavy (non-hydrogen) atoms. The minimum atomic E-state index is -1.62. The van der Waals surface area contributed by atoms with Gasteiger partial charge in [-0.1, -0.05) is 62.9 Å². The number of hydrogen-bond donors (Lipinski definition) is 1. The number of carbonyl (C=O) groups excluding carboxylic acids is 1. The van der Waals surface area contributed by atoms with E-state index >= 15 is 0 Å². The van der Waals surface area contributed by atoms with E-state index in [0.717, 1.165) is 107 Å². The van der Waals surface area contributed by atoms with Gasteiger partial charge in [-0.05, 0) is 149 Å². The molecule has 3 aromatic carbocycles. The van der Waals surface area contributed by atoms with Crippen molar-refractivity contribution in [3.05, 3.63) is 94.8 Å². The second kappa shape index (κ2) is 14.9. The van der Waals surface area contributed by atoms with Gasteiger partial charge in [-0.15, -0.1) is 34.9 Å². The molecule has 0 aliphatic heterocycles. The van der Waals surface area contributed by atoms with Gasteiger partial charge in [0, 0.05) is 41.9 Å². The smallest absolute Gasteiger partial charge is 0.168 e. The van der Waals surface area contributed by atoms with Crippen LogP contribution >= 0.6 is 0 Å². The molecule has 8 aliphatic rings. The Kier molecular flexibility index (Phi) is 10.7. The van der Waals surface area contributed by atoms with Gasteiger partial charge >= 0.3 is 0 Å². The van der Waals surface area contributed by atoms with Gasteiger partial charge in [0.1, 0.15) is 17.4 Å². The summed E-state index contributed by atoms with van der Waals surface area (Å²) < 4.78 is 29.6. The van der Waals surface area contributed by atoms with Crippen LogP contribution in [0.1, 0.15) is 95.1 Å². The Hall–Kier alpha value is -2.99. The molecule has 8 bridgehead atoms. The monoisotopic (exact) mass is 963 g/mol. The summed E-state index contributed by atoms with van der Waals surface area (Å²) in [6.07, 6.45) is 15.1. The van der Waals surface area contributed by atoms with Crippen molar-refractivity contribution < 1.29 is 38.8 Å². The summed E-state index contributed by atoms with van der Waals surface area (Å²) in [6, 6.07) is 19.3. The third kappa shape index (κ3) is 7.46. The Balaban J connectivity index is 0.000000158. The number of nitrogens with zero attached hydrogens (tertiary/aromatic N) is 1. The fourth-order valence-corrected chi connectivity index (χ4v) is 14.7. The molecule has 8 saturated carbocycles. The van der Waals surface area contributed by atoms with Gasteiger partial charge in [0.05, 0.1) is 19.2 Å². The molecule has 303 valence electrons. The fourth-order valence-electron chi connectivity index (χ4n) is 13.5. The molecule has 8 aliphatic carbocycles. The van der Waals surface area contributed by atoms with E-state index in [1.165, 1.54) is 61.9 Å². The second-order valence-electron chi connectivity index (χ2n) is 20.6. The summed E-state index contributed by atoms with van der Waals surface area (Å²) in [5, 5.41) is 13.4. The molecule has 0 amide bonds. The van der Waals surface area contributed by atoms with E-state index < -0.39 is 19.7 Å². The summed E-state index contributed by atoms with van der Waals surface area (Å²) in [5.41, 5.74) is 5.45. The zero-order valence-electron chi connectivity index (χ0n) is 34.5. The Labute approximate surface area is 352 Å². The van der Waals surface area contributed by atoms with Crippen molar-refractivity contribution >= 4 is 29.9 Å². The van der Waals surface area contributed by atoms with Crippen LogP contribution in [0.25, 0.3) is 33.3 Å². The minimum Gasteiger partial charge on any atom is -0.511 e. The number of benzene rings is 3. The van der Waals surface area contributed by atoms with Gasteiger partial charge in [0.15, 0.2) is 5.78 Å². The van der Waals surface area contributed by atoms with Gasteiger partial charge < -0.3 is 5.11 Å². The topological polar surface area (TPSA) is 50.2 Å². The number of halogens is 2. The largest absolute Gasteiger partial charge is 0.511 e. The van der Waals surface area contributed by atoms with Crippen LogP contribution in [0.2, 0.25) is 19.6 Å². The molecule has 0 unspecified atom stereocenters. The van der Waals surface area contributed by atoms with Crippen molar-refractivity contribution in [1.29, 1.82) is 0 Å². The van der Waals surface area contributed by atoms with Crippen LogP contribution in [0.4, 0.5) is 8.78 Å². The maximum atomic E-state index is 14.8. The first kappa shape index (κ1) is 40.8. The van der Waals surface area contributed by atoms with E-state index in [1.54, 1.807) is 6.07 Å². The molecule has 1 N–H and O–H groups in total. The van der Waals surface area contributed by atoms with E-state index in [1.807, 2.05) is 39.0 Å². The molecule has 7 heteroatoms. The Morgan fingerprint density at radius 3 is 1.75 bits per heavy atom. The van der Waals surface area contributed by atoms with Crippen molar-refractivity contribution in [3.63, 3.8) is 0 Å². The first-order valence-corrected chi connectivity index (χ1v) is 24.9. The number of rotatable bonds is 6. The number of aliphatic hydroxyl groups excluding tert-OH is 1. The van der Waals surface area contributed by atoms with Crippen LogP contribution in [-0.4, -0.2) is 23.9 Å². The normalized spacial score (nSPS) is 31.1. The van der Waals surface area contributed by atoms with Gasteiger partial charge in [-0.3, -0.25) is 9.78 Å². The number of hydrogen-bond acceptors (Lipinski definition) is 3. The van der Waals surface area contributed by atoms with Crippen molar-refractivity contribution in [2.24, 2.45) is 46.3 Å². The van der Waals surface area contributed by atoms with Crippen LogP contribution in [0.3, 0.4) is 0 Å². The molecule has 0 spiro atoms. The van der Waals surface area contributed by atoms with Gasteiger partial charge in [-0.2, -0.15) is 0 Å². The summed E-state index contributed by atoms with van der Waals surface area (Å²) in [4.78, 5) is 18.5. The van der Waals surface area contributed by atoms with E-state index in [-0.39, 0.29) is 36.5 Å². The molecule has 1 aromatic heterocycles. The quantitative estimate of drug-likeness (QED) is 0.0907. The molecule has 8 fully saturated rings. The third-order valence-corrected chi connectivity index (χ3v) is 17.1. The van der Waals surface area contributed by atoms with Gasteiger partial charge in [0.2, 0.25) is 0 Å². The predicted octanol–water partition coefficient (Wildman–Crippen LogP) is 12.6. The maximum Gasteiger partial charge on any atom is 0.168 e. The molecule has 0 atom stereocenters. The molecule has 12 rings (SSSR count). The SMILES string of the molecule is C/C(C(=O)C12CC3CC(CC(C3)C1)C2)=C(/O)C12CC3CC(CC(C3)C1)C2.Cc1[c-]c(-c2cc(-c3c(F)cccc3F)c3cc([Si](C)(C)C)ccc3n2)cc(C)c1.[Ir]. The Morgan fingerprint density at radius 1 is 0.754 bits per heavy atom. The maximum absolute atomic E-state index is 14.8. The van der Waals surface area contributed by atoms with E-state index in [4.69, 9.17) is 4.98 Å². The van der Waals surface area contributed by atoms with Gasteiger partial charge in [0.25, 0.3) is 0 Å². The number of Topliss-reactive ketones (excluding diaryl/α,β-unsaturated/α-hetero) is 1. The van der Waals surface area contributed by atoms with Crippen molar-refractivity contribution in [2.75, 3.05) is 0 Å². The first-order valence-electron chi connectivity index (χ1n) is 21.4. The number of pyridine rings is 1. The minimum absolute atomic E-state index is 0. The number of aliphatic hydroxyl groups is 1. The number of carbonyl (C=O) groups is 1. The molecule has 3 nitrogen and oxygen atoms in total. The molecule has 1 heterocycles. The zero-order chi connectivity index (χ0) is 39.3. The van der Waals surface area contributed by atoms with Crippen LogP contribution in [0, 0.1) is 77.9 Å². The molecular weight excluding hydrogens is 905 g/mol. The Morgan fingerprint density at radius 2 is 1.26 bits per heavy atom. The molecule has 0 saturated heterocycles. The number of aromatic nitrogens is 1. The van der Waals surface area contributed by atoms with Crippen LogP contribution in [0.5, 0.6) is 0 Å². The van der Waals surface area contributed by atoms with Crippen molar-refractivity contribution in [1.82, 2.24) is 4.98 Å². The number of aryl methyl sites for hydroxylation is 2. The number of allylic oxidation sites excluding steroid dienone is 2. The molecule has 4 aromatic rings. The Bertz CT molecular complexity index is 2160. The standard InChI is InChI=1S/C26H24F2NSi.C24H34O2.Ir/c1-16-11-17(2)13-18(12-16)25-15-21(26-22(27)7-6-8-23(26)28)20-14-19(30(3,4)5)9-10-24(20)29-25;1-14(21(25)23-8-15-2-16(9-23)4-17(3-15)10-23)22(26)24-11-18-5-19(12-24)7-20(6-18)13-24;/h6-12,14-15H,1-5H3;15-20,25H,2-13H2,1H3;/q-1;;/b;21-14-;. The summed E-state index contributed by atoms with van der Waals surface area (Å²) in [5.74, 6) is 4.55. The molecular formula is C50H58F2IrNO2Si-. The van der Waals surface area contributed by atoms with Crippen LogP contribution < -0.4 is 5.19 Å². The second-order valence-corrected chi connectivity index (χ2v) is 25.7. The van der Waals surface area contributed by atoms with Crippen molar-refractivity contribution in [2.45, 2.75) is 117 Å². The summed E-state index contributed by atoms with van der Waals surface area (Å²) >= 11 is 0. The van der Waals surface area contributed by atoms with E-state index in [2.05, 4.69) is 37.8 Å². The summed E-state index contributed by atoms with van der Waals surface area (Å²) in [6.45, 7) is 12.7. The average molecular weight is 963 g/mol. The first-order chi connectivity index (χ1) is 26.6. The average Bonchev–Trinajstić information content (AvgIpc) is 3.12. The van der Waals surface area contributed by atoms with Crippen LogP contribution in [0.15, 0.2) is 65.9 Å².